The Morgan fingerprint density at radius 2 is 2.33 bits per heavy atom. The third-order valence-corrected chi connectivity index (χ3v) is 3.36. The molecule has 0 unspecified atom stereocenters. The minimum atomic E-state index is 0.268. The molecular weight excluding hydrogens is 274 g/mol. The number of hydrogen-bond donors (Lipinski definition) is 1. The maximum atomic E-state index is 8.78. The number of nitrogen functional groups attached to an aromatic ring is 1. The van der Waals surface area contributed by atoms with Crippen LogP contribution in [-0.2, 0) is 0 Å². The molecule has 0 aliphatic carbocycles. The number of rotatable bonds is 1. The van der Waals surface area contributed by atoms with E-state index in [-0.39, 0.29) is 5.82 Å². The lowest BCUT2D eigenvalue weighted by atomic mass is 10.2. The first-order chi connectivity index (χ1) is 7.22. The van der Waals surface area contributed by atoms with Crippen LogP contribution in [0.2, 0.25) is 0 Å². The van der Waals surface area contributed by atoms with Gasteiger partial charge in [0.05, 0.1) is 16.1 Å². The van der Waals surface area contributed by atoms with E-state index < -0.39 is 0 Å². The fraction of sp³-hybridized carbons (Fsp3) is 0. The molecule has 2 heterocycles. The van der Waals surface area contributed by atoms with Gasteiger partial charge in [0.2, 0.25) is 0 Å². The normalized spacial score (nSPS) is 9.87. The lowest BCUT2D eigenvalue weighted by molar-refractivity contribution is 1.30. The summed E-state index contributed by atoms with van der Waals surface area (Å²) in [5.74, 6) is 0.268. The Labute approximate surface area is 99.3 Å². The second kappa shape index (κ2) is 4.01. The van der Waals surface area contributed by atoms with Crippen molar-refractivity contribution in [3.8, 4) is 16.6 Å². The fourth-order valence-electron chi connectivity index (χ4n) is 1.18. The molecule has 2 N–H and O–H groups in total. The van der Waals surface area contributed by atoms with E-state index in [1.165, 1.54) is 0 Å². The topological polar surface area (TPSA) is 62.7 Å². The summed E-state index contributed by atoms with van der Waals surface area (Å²) in [4.78, 5) is 5.23. The smallest absolute Gasteiger partial charge is 0.142 e. The van der Waals surface area contributed by atoms with E-state index in [4.69, 9.17) is 11.0 Å². The zero-order valence-electron chi connectivity index (χ0n) is 7.57. The highest BCUT2D eigenvalue weighted by Gasteiger charge is 2.10. The second-order valence-electron chi connectivity index (χ2n) is 2.84. The third-order valence-electron chi connectivity index (χ3n) is 1.88. The molecule has 0 radical (unpaired) electrons. The molecule has 0 saturated carbocycles. The molecule has 0 bridgehead atoms. The van der Waals surface area contributed by atoms with E-state index in [1.54, 1.807) is 17.4 Å². The minimum Gasteiger partial charge on any atom is -0.383 e. The lowest BCUT2D eigenvalue weighted by Gasteiger charge is -2.03. The maximum absolute atomic E-state index is 8.78. The lowest BCUT2D eigenvalue weighted by Crippen LogP contribution is -1.96. The third kappa shape index (κ3) is 1.87. The molecule has 0 spiro atoms. The Hall–Kier alpha value is -1.38. The molecule has 5 heteroatoms. The number of nitrogens with two attached hydrogens (primary N) is 1. The van der Waals surface area contributed by atoms with Crippen molar-refractivity contribution >= 4 is 33.1 Å². The molecule has 74 valence electrons. The number of aromatic nitrogens is 1. The quantitative estimate of drug-likeness (QED) is 0.873. The predicted octanol–water partition coefficient (Wildman–Crippen LogP) is 3.03. The van der Waals surface area contributed by atoms with Gasteiger partial charge in [-0.1, -0.05) is 6.07 Å². The van der Waals surface area contributed by atoms with E-state index in [1.807, 2.05) is 23.6 Å². The van der Waals surface area contributed by atoms with Crippen molar-refractivity contribution in [3.63, 3.8) is 0 Å². The molecule has 0 saturated heterocycles. The minimum absolute atomic E-state index is 0.268. The van der Waals surface area contributed by atoms with E-state index >= 15 is 0 Å². The van der Waals surface area contributed by atoms with Gasteiger partial charge in [-0.2, -0.15) is 5.26 Å². The highest BCUT2D eigenvalue weighted by Crippen LogP contribution is 2.31. The van der Waals surface area contributed by atoms with Crippen molar-refractivity contribution in [1.29, 1.82) is 5.26 Å². The van der Waals surface area contributed by atoms with Gasteiger partial charge in [0, 0.05) is 4.47 Å². The van der Waals surface area contributed by atoms with Crippen molar-refractivity contribution in [3.05, 3.63) is 33.6 Å². The van der Waals surface area contributed by atoms with Gasteiger partial charge < -0.3 is 5.73 Å². The highest BCUT2D eigenvalue weighted by atomic mass is 79.9. The number of hydrogen-bond acceptors (Lipinski definition) is 4. The summed E-state index contributed by atoms with van der Waals surface area (Å²) in [6.45, 7) is 0. The van der Waals surface area contributed by atoms with Crippen molar-refractivity contribution in [2.24, 2.45) is 0 Å². The summed E-state index contributed by atoms with van der Waals surface area (Å²) < 4.78 is 0.788. The molecule has 0 aliphatic rings. The summed E-state index contributed by atoms with van der Waals surface area (Å²) in [6, 6.07) is 7.59. The van der Waals surface area contributed by atoms with Gasteiger partial charge in [-0.3, -0.25) is 0 Å². The number of nitrogens with zero attached hydrogens (tertiary/aromatic N) is 2. The van der Waals surface area contributed by atoms with Gasteiger partial charge in [-0.25, -0.2) is 4.98 Å². The van der Waals surface area contributed by atoms with Crippen molar-refractivity contribution < 1.29 is 0 Å². The molecule has 0 atom stereocenters. The molecule has 2 aromatic rings. The fourth-order valence-corrected chi connectivity index (χ4v) is 2.57. The van der Waals surface area contributed by atoms with Crippen LogP contribution < -0.4 is 5.73 Å². The summed E-state index contributed by atoms with van der Waals surface area (Å²) in [5.41, 5.74) is 6.83. The number of halogens is 1. The monoisotopic (exact) mass is 279 g/mol. The summed E-state index contributed by atoms with van der Waals surface area (Å²) >= 11 is 4.96. The van der Waals surface area contributed by atoms with E-state index in [0.717, 1.165) is 15.0 Å². The first-order valence-corrected chi connectivity index (χ1v) is 5.79. The van der Waals surface area contributed by atoms with Crippen LogP contribution in [0.25, 0.3) is 10.6 Å². The molecule has 0 amide bonds. The molecule has 2 aromatic heterocycles. The summed E-state index contributed by atoms with van der Waals surface area (Å²) in [7, 11) is 0. The van der Waals surface area contributed by atoms with Crippen LogP contribution in [0.4, 0.5) is 5.82 Å². The van der Waals surface area contributed by atoms with Crippen LogP contribution in [0, 0.1) is 11.3 Å². The molecular formula is C10H6BrN3S. The highest BCUT2D eigenvalue weighted by molar-refractivity contribution is 9.10. The zero-order chi connectivity index (χ0) is 10.8. The van der Waals surface area contributed by atoms with Crippen LogP contribution in [0.3, 0.4) is 0 Å². The average Bonchev–Trinajstić information content (AvgIpc) is 2.74. The van der Waals surface area contributed by atoms with Gasteiger partial charge in [-0.15, -0.1) is 11.3 Å². The molecule has 0 aromatic carbocycles. The van der Waals surface area contributed by atoms with Crippen LogP contribution in [0.1, 0.15) is 5.56 Å². The molecule has 0 fully saturated rings. The second-order valence-corrected chi connectivity index (χ2v) is 4.64. The zero-order valence-corrected chi connectivity index (χ0v) is 9.97. The molecule has 2 rings (SSSR count). The van der Waals surface area contributed by atoms with E-state index in [0.29, 0.717) is 5.56 Å². The predicted molar refractivity (Wildman–Crippen MR) is 64.4 cm³/mol. The molecule has 3 nitrogen and oxygen atoms in total. The molecule has 15 heavy (non-hydrogen) atoms. The Morgan fingerprint density at radius 3 is 2.93 bits per heavy atom. The van der Waals surface area contributed by atoms with Gasteiger partial charge in [0.15, 0.2) is 0 Å². The summed E-state index contributed by atoms with van der Waals surface area (Å²) in [5, 5.41) is 10.7. The van der Waals surface area contributed by atoms with Crippen molar-refractivity contribution in [1.82, 2.24) is 4.98 Å². The number of pyridine rings is 1. The SMILES string of the molecule is N#Cc1cc(Br)c(-c2cccs2)nc1N. The van der Waals surface area contributed by atoms with Crippen molar-refractivity contribution in [2.75, 3.05) is 5.73 Å². The molecule has 0 aliphatic heterocycles. The first-order valence-electron chi connectivity index (χ1n) is 4.12. The Morgan fingerprint density at radius 1 is 1.53 bits per heavy atom. The van der Waals surface area contributed by atoms with Crippen LogP contribution in [0.5, 0.6) is 0 Å². The van der Waals surface area contributed by atoms with Crippen LogP contribution in [-0.4, -0.2) is 4.98 Å². The average molecular weight is 280 g/mol. The number of thiophene rings is 1. The Kier molecular flexibility index (Phi) is 2.71. The van der Waals surface area contributed by atoms with Gasteiger partial charge in [0.1, 0.15) is 11.9 Å². The van der Waals surface area contributed by atoms with Crippen molar-refractivity contribution in [2.45, 2.75) is 0 Å². The van der Waals surface area contributed by atoms with Gasteiger partial charge in [0.25, 0.3) is 0 Å². The number of nitriles is 1. The van der Waals surface area contributed by atoms with Gasteiger partial charge >= 0.3 is 0 Å². The van der Waals surface area contributed by atoms with Crippen LogP contribution >= 0.6 is 27.3 Å². The standard InChI is InChI=1S/C10H6BrN3S/c11-7-4-6(5-12)10(13)14-9(7)8-2-1-3-15-8/h1-4H,(H2,13,14). The Bertz CT molecular complexity index is 528. The number of anilines is 1. The first kappa shape index (κ1) is 10.1. The van der Waals surface area contributed by atoms with E-state index in [9.17, 15) is 0 Å². The maximum Gasteiger partial charge on any atom is 0.142 e. The van der Waals surface area contributed by atoms with Crippen LogP contribution in [0.15, 0.2) is 28.1 Å². The largest absolute Gasteiger partial charge is 0.383 e. The van der Waals surface area contributed by atoms with E-state index in [2.05, 4.69) is 20.9 Å². The Balaban J connectivity index is 2.61. The van der Waals surface area contributed by atoms with Gasteiger partial charge in [-0.05, 0) is 33.4 Å². The summed E-state index contributed by atoms with van der Waals surface area (Å²) in [6.07, 6.45) is 0.